The van der Waals surface area contributed by atoms with Crippen molar-refractivity contribution in [3.8, 4) is 16.5 Å². The number of alkyl halides is 1. The molecule has 3 aromatic heterocycles. The van der Waals surface area contributed by atoms with Gasteiger partial charge in [0.25, 0.3) is 5.91 Å². The first-order valence-electron chi connectivity index (χ1n) is 13.4. The van der Waals surface area contributed by atoms with E-state index >= 15 is 0 Å². The lowest BCUT2D eigenvalue weighted by Crippen LogP contribution is -2.37. The van der Waals surface area contributed by atoms with Crippen LogP contribution in [-0.2, 0) is 10.0 Å². The molecule has 1 atom stereocenters. The highest BCUT2D eigenvalue weighted by atomic mass is 32.2. The quantitative estimate of drug-likeness (QED) is 0.324. The minimum Gasteiger partial charge on any atom is -0.477 e. The molecule has 11 nitrogen and oxygen atoms in total. The van der Waals surface area contributed by atoms with Gasteiger partial charge in [0.2, 0.25) is 15.9 Å². The zero-order valence-electron chi connectivity index (χ0n) is 22.1. The number of hydrogen-bond donors (Lipinski definition) is 2. The maximum Gasteiger partial charge on any atom is 0.280 e. The number of nitrogens with zero attached hydrogens (tertiary/aromatic N) is 5. The fourth-order valence-electron chi connectivity index (χ4n) is 4.46. The number of carbonyl (C=O) groups is 1. The number of amides is 1. The molecular formula is C26H32FN7O4S2. The second-order valence-corrected chi connectivity index (χ2v) is 12.8. The summed E-state index contributed by atoms with van der Waals surface area (Å²) in [6.45, 7) is 4.23. The minimum atomic E-state index is -3.45. The van der Waals surface area contributed by atoms with Gasteiger partial charge >= 0.3 is 0 Å². The van der Waals surface area contributed by atoms with Crippen LogP contribution in [0.25, 0.3) is 10.6 Å². The van der Waals surface area contributed by atoms with E-state index in [0.717, 1.165) is 0 Å². The van der Waals surface area contributed by atoms with Gasteiger partial charge in [-0.1, -0.05) is 0 Å². The van der Waals surface area contributed by atoms with Gasteiger partial charge in [0.1, 0.15) is 11.9 Å². The topological polar surface area (TPSA) is 139 Å². The van der Waals surface area contributed by atoms with Gasteiger partial charge in [0.15, 0.2) is 5.01 Å². The molecule has 0 aromatic carbocycles. The SMILES string of the molecule is CCOc1cncc(-c2cnc(C(=O)N[C@H](CCN3CCC(F)CC3)c3cc(NS(=O)(=O)C4CC4)ccn3)s2)n1. The third-order valence-corrected chi connectivity index (χ3v) is 9.66. The van der Waals surface area contributed by atoms with E-state index in [1.54, 1.807) is 24.5 Å². The lowest BCUT2D eigenvalue weighted by atomic mass is 10.1. The predicted molar refractivity (Wildman–Crippen MR) is 150 cm³/mol. The number of anilines is 1. The van der Waals surface area contributed by atoms with Crippen LogP contribution in [0.15, 0.2) is 36.9 Å². The van der Waals surface area contributed by atoms with Crippen LogP contribution in [0.2, 0.25) is 0 Å². The Morgan fingerprint density at radius 1 is 1.20 bits per heavy atom. The fourth-order valence-corrected chi connectivity index (χ4v) is 6.61. The molecule has 40 heavy (non-hydrogen) atoms. The first-order valence-corrected chi connectivity index (χ1v) is 15.7. The number of nitrogens with one attached hydrogen (secondary N) is 2. The molecule has 2 fully saturated rings. The van der Waals surface area contributed by atoms with Gasteiger partial charge in [-0.05, 0) is 51.2 Å². The average Bonchev–Trinajstić information content (AvgIpc) is 3.70. The molecule has 0 radical (unpaired) electrons. The number of carbonyl (C=O) groups excluding carboxylic acids is 1. The number of hydrogen-bond acceptors (Lipinski definition) is 10. The van der Waals surface area contributed by atoms with Crippen molar-refractivity contribution in [3.05, 3.63) is 47.6 Å². The summed E-state index contributed by atoms with van der Waals surface area (Å²) in [6, 6.07) is 2.73. The number of likely N-dealkylation sites (tertiary alicyclic amines) is 1. The summed E-state index contributed by atoms with van der Waals surface area (Å²) in [6.07, 6.45) is 8.22. The molecular weight excluding hydrogens is 557 g/mol. The van der Waals surface area contributed by atoms with E-state index < -0.39 is 22.2 Å². The number of aromatic nitrogens is 4. The molecule has 1 saturated carbocycles. The molecule has 1 saturated heterocycles. The number of sulfonamides is 1. The lowest BCUT2D eigenvalue weighted by Gasteiger charge is -2.30. The van der Waals surface area contributed by atoms with Crippen molar-refractivity contribution in [2.24, 2.45) is 0 Å². The third kappa shape index (κ3) is 7.29. The van der Waals surface area contributed by atoms with E-state index in [1.807, 2.05) is 6.92 Å². The molecule has 1 aliphatic heterocycles. The van der Waals surface area contributed by atoms with Crippen LogP contribution < -0.4 is 14.8 Å². The van der Waals surface area contributed by atoms with Crippen LogP contribution in [0.3, 0.4) is 0 Å². The number of halogens is 1. The molecule has 2 aliphatic rings. The highest BCUT2D eigenvalue weighted by Gasteiger charge is 2.36. The molecule has 4 heterocycles. The zero-order chi connectivity index (χ0) is 28.1. The second kappa shape index (κ2) is 12.5. The third-order valence-electron chi connectivity index (χ3n) is 6.77. The first-order chi connectivity index (χ1) is 19.3. The van der Waals surface area contributed by atoms with Crippen molar-refractivity contribution in [3.63, 3.8) is 0 Å². The predicted octanol–water partition coefficient (Wildman–Crippen LogP) is 3.59. The van der Waals surface area contributed by atoms with Gasteiger partial charge in [-0.25, -0.2) is 22.8 Å². The highest BCUT2D eigenvalue weighted by molar-refractivity contribution is 7.93. The molecule has 1 aliphatic carbocycles. The summed E-state index contributed by atoms with van der Waals surface area (Å²) in [4.78, 5) is 33.5. The Bertz CT molecular complexity index is 1430. The molecule has 0 spiro atoms. The molecule has 0 unspecified atom stereocenters. The molecule has 214 valence electrons. The van der Waals surface area contributed by atoms with Crippen LogP contribution in [0, 0.1) is 0 Å². The Morgan fingerprint density at radius 2 is 2.00 bits per heavy atom. The molecule has 14 heteroatoms. The summed E-state index contributed by atoms with van der Waals surface area (Å²) >= 11 is 1.18. The Balaban J connectivity index is 1.32. The van der Waals surface area contributed by atoms with Crippen LogP contribution in [0.4, 0.5) is 10.1 Å². The highest BCUT2D eigenvalue weighted by Crippen LogP contribution is 2.31. The molecule has 1 amide bonds. The average molecular weight is 590 g/mol. The number of pyridine rings is 1. The van der Waals surface area contributed by atoms with Crippen molar-refractivity contribution in [1.82, 2.24) is 30.2 Å². The molecule has 3 aromatic rings. The Kier molecular flexibility index (Phi) is 8.86. The number of piperidine rings is 1. The normalized spacial score (nSPS) is 17.4. The largest absolute Gasteiger partial charge is 0.477 e. The van der Waals surface area contributed by atoms with Gasteiger partial charge in [-0.3, -0.25) is 19.5 Å². The van der Waals surface area contributed by atoms with E-state index in [1.165, 1.54) is 23.7 Å². The first kappa shape index (κ1) is 28.3. The number of thiazole rings is 1. The van der Waals surface area contributed by atoms with Gasteiger partial charge in [0.05, 0.1) is 46.6 Å². The van der Waals surface area contributed by atoms with E-state index in [4.69, 9.17) is 4.74 Å². The van der Waals surface area contributed by atoms with Crippen LogP contribution >= 0.6 is 11.3 Å². The Hall–Kier alpha value is -3.23. The molecule has 0 bridgehead atoms. The van der Waals surface area contributed by atoms with E-state index in [0.29, 0.717) is 86.2 Å². The summed E-state index contributed by atoms with van der Waals surface area (Å²) < 4.78 is 46.7. The summed E-state index contributed by atoms with van der Waals surface area (Å²) in [7, 11) is -3.45. The zero-order valence-corrected chi connectivity index (χ0v) is 23.8. The number of rotatable bonds is 12. The summed E-state index contributed by atoms with van der Waals surface area (Å²) in [5.41, 5.74) is 1.48. The standard InChI is InChI=1S/C26H32FN7O4S2/c1-2-38-24-16-28-14-22(31-24)23-15-30-26(39-23)25(35)32-20(8-12-34-10-6-17(27)7-11-34)21-13-18(5-9-29-21)33-40(36,37)19-3-4-19/h5,9,13-17,19-20H,2-4,6-8,10-12H2,1H3,(H,29,33)(H,32,35)/t20-/m1/s1. The summed E-state index contributed by atoms with van der Waals surface area (Å²) in [5, 5.41) is 2.91. The van der Waals surface area contributed by atoms with Crippen molar-refractivity contribution < 1.29 is 22.3 Å². The fraction of sp³-hybridized carbons (Fsp3) is 0.500. The van der Waals surface area contributed by atoms with Crippen LogP contribution in [0.1, 0.15) is 60.6 Å². The van der Waals surface area contributed by atoms with Gasteiger partial charge in [-0.2, -0.15) is 0 Å². The maximum atomic E-state index is 13.6. The second-order valence-electron chi connectivity index (χ2n) is 9.85. The van der Waals surface area contributed by atoms with Crippen molar-refractivity contribution in [2.45, 2.75) is 56.5 Å². The maximum absolute atomic E-state index is 13.6. The van der Waals surface area contributed by atoms with Crippen molar-refractivity contribution in [1.29, 1.82) is 0 Å². The van der Waals surface area contributed by atoms with Crippen LogP contribution in [-0.4, -0.2) is 76.8 Å². The molecule has 5 rings (SSSR count). The van der Waals surface area contributed by atoms with Gasteiger partial charge in [0, 0.05) is 32.0 Å². The smallest absolute Gasteiger partial charge is 0.280 e. The van der Waals surface area contributed by atoms with E-state index in [2.05, 4.69) is 34.9 Å². The van der Waals surface area contributed by atoms with Gasteiger partial charge in [-0.15, -0.1) is 11.3 Å². The number of ether oxygens (including phenoxy) is 1. The van der Waals surface area contributed by atoms with Crippen molar-refractivity contribution in [2.75, 3.05) is 31.0 Å². The Labute approximate surface area is 236 Å². The monoisotopic (exact) mass is 589 g/mol. The lowest BCUT2D eigenvalue weighted by molar-refractivity contribution is 0.0925. The van der Waals surface area contributed by atoms with E-state index in [-0.39, 0.29) is 16.2 Å². The van der Waals surface area contributed by atoms with E-state index in [9.17, 15) is 17.6 Å². The van der Waals surface area contributed by atoms with Crippen LogP contribution in [0.5, 0.6) is 5.88 Å². The minimum absolute atomic E-state index is 0.243. The van der Waals surface area contributed by atoms with Crippen molar-refractivity contribution >= 4 is 33.0 Å². The molecule has 2 N–H and O–H groups in total. The Morgan fingerprint density at radius 3 is 2.75 bits per heavy atom. The summed E-state index contributed by atoms with van der Waals surface area (Å²) in [5.74, 6) is 0.00271. The van der Waals surface area contributed by atoms with Gasteiger partial charge < -0.3 is 15.0 Å².